The molecule has 0 radical (unpaired) electrons. The van der Waals surface area contributed by atoms with E-state index in [9.17, 15) is 0 Å². The van der Waals surface area contributed by atoms with Gasteiger partial charge in [-0.3, -0.25) is 0 Å². The van der Waals surface area contributed by atoms with Crippen LogP contribution in [0.1, 0.15) is 37.8 Å². The van der Waals surface area contributed by atoms with Gasteiger partial charge in [-0.1, -0.05) is 26.7 Å². The van der Waals surface area contributed by atoms with E-state index in [1.165, 1.54) is 24.0 Å². The minimum absolute atomic E-state index is 0.699. The Hall–Kier alpha value is -1.05. The van der Waals surface area contributed by atoms with E-state index in [2.05, 4.69) is 25.8 Å². The molecule has 0 bridgehead atoms. The second kappa shape index (κ2) is 4.99. The highest BCUT2D eigenvalue weighted by Crippen LogP contribution is 2.20. The Bertz CT molecular complexity index is 274. The predicted octanol–water partition coefficient (Wildman–Crippen LogP) is 2.95. The second-order valence-electron chi connectivity index (χ2n) is 4.09. The number of rotatable bonds is 4. The molecule has 2 nitrogen and oxygen atoms in total. The second-order valence-corrected chi connectivity index (χ2v) is 4.09. The molecule has 0 fully saturated rings. The van der Waals surface area contributed by atoms with E-state index in [-0.39, 0.29) is 0 Å². The number of nitrogen functional groups attached to an aromatic ring is 1. The van der Waals surface area contributed by atoms with Crippen LogP contribution in [0.4, 0.5) is 5.82 Å². The maximum absolute atomic E-state index is 5.85. The summed E-state index contributed by atoms with van der Waals surface area (Å²) in [6.07, 6.45) is 5.33. The highest BCUT2D eigenvalue weighted by atomic mass is 14.8. The zero-order chi connectivity index (χ0) is 10.6. The summed E-state index contributed by atoms with van der Waals surface area (Å²) in [5, 5.41) is 0. The van der Waals surface area contributed by atoms with Crippen LogP contribution in [-0.4, -0.2) is 4.98 Å². The summed E-state index contributed by atoms with van der Waals surface area (Å²) in [7, 11) is 0. The predicted molar refractivity (Wildman–Crippen MR) is 61.2 cm³/mol. The molecule has 0 aliphatic carbocycles. The molecule has 0 saturated carbocycles. The van der Waals surface area contributed by atoms with E-state index >= 15 is 0 Å². The minimum Gasteiger partial charge on any atom is -0.383 e. The summed E-state index contributed by atoms with van der Waals surface area (Å²) >= 11 is 0. The lowest BCUT2D eigenvalue weighted by Gasteiger charge is -2.13. The van der Waals surface area contributed by atoms with Crippen molar-refractivity contribution in [3.63, 3.8) is 0 Å². The van der Waals surface area contributed by atoms with Crippen molar-refractivity contribution in [1.82, 2.24) is 4.98 Å². The Morgan fingerprint density at radius 2 is 2.21 bits per heavy atom. The SMILES string of the molecule is CCCC(C)Cc1c(C)ccnc1N. The fourth-order valence-corrected chi connectivity index (χ4v) is 1.82. The van der Waals surface area contributed by atoms with E-state index < -0.39 is 0 Å². The van der Waals surface area contributed by atoms with Crippen LogP contribution >= 0.6 is 0 Å². The zero-order valence-electron chi connectivity index (χ0n) is 9.38. The molecule has 0 aliphatic heterocycles. The molecule has 0 aromatic carbocycles. The normalized spacial score (nSPS) is 12.8. The summed E-state index contributed by atoms with van der Waals surface area (Å²) in [5.74, 6) is 1.40. The number of aromatic nitrogens is 1. The largest absolute Gasteiger partial charge is 0.383 e. The lowest BCUT2D eigenvalue weighted by molar-refractivity contribution is 0.521. The summed E-state index contributed by atoms with van der Waals surface area (Å²) in [5.41, 5.74) is 8.35. The quantitative estimate of drug-likeness (QED) is 0.796. The monoisotopic (exact) mass is 192 g/mol. The first-order chi connectivity index (χ1) is 6.65. The van der Waals surface area contributed by atoms with Crippen molar-refractivity contribution in [3.8, 4) is 0 Å². The fraction of sp³-hybridized carbons (Fsp3) is 0.583. The summed E-state index contributed by atoms with van der Waals surface area (Å²) < 4.78 is 0. The minimum atomic E-state index is 0.699. The molecule has 1 aromatic rings. The van der Waals surface area contributed by atoms with Crippen molar-refractivity contribution >= 4 is 5.82 Å². The van der Waals surface area contributed by atoms with Crippen LogP contribution in [0.2, 0.25) is 0 Å². The molecule has 14 heavy (non-hydrogen) atoms. The van der Waals surface area contributed by atoms with Gasteiger partial charge in [0.05, 0.1) is 0 Å². The maximum atomic E-state index is 5.85. The van der Waals surface area contributed by atoms with E-state index in [1.807, 2.05) is 6.07 Å². The van der Waals surface area contributed by atoms with Gasteiger partial charge >= 0.3 is 0 Å². The molecule has 1 rings (SSSR count). The van der Waals surface area contributed by atoms with Crippen LogP contribution in [0, 0.1) is 12.8 Å². The summed E-state index contributed by atoms with van der Waals surface area (Å²) in [6.45, 7) is 6.59. The molecule has 0 aliphatic rings. The third-order valence-electron chi connectivity index (χ3n) is 2.66. The molecular formula is C12H20N2. The highest BCUT2D eigenvalue weighted by molar-refractivity contribution is 5.43. The smallest absolute Gasteiger partial charge is 0.126 e. The van der Waals surface area contributed by atoms with E-state index in [0.717, 1.165) is 6.42 Å². The van der Waals surface area contributed by atoms with Gasteiger partial charge in [-0.2, -0.15) is 0 Å². The van der Waals surface area contributed by atoms with Crippen molar-refractivity contribution in [2.45, 2.75) is 40.0 Å². The van der Waals surface area contributed by atoms with Crippen LogP contribution in [-0.2, 0) is 6.42 Å². The molecule has 1 heterocycles. The van der Waals surface area contributed by atoms with Crippen molar-refractivity contribution in [2.75, 3.05) is 5.73 Å². The maximum Gasteiger partial charge on any atom is 0.126 e. The molecule has 0 saturated heterocycles. The molecule has 1 unspecified atom stereocenters. The first-order valence-corrected chi connectivity index (χ1v) is 5.35. The lowest BCUT2D eigenvalue weighted by Crippen LogP contribution is -2.06. The first-order valence-electron chi connectivity index (χ1n) is 5.35. The molecule has 1 atom stereocenters. The topological polar surface area (TPSA) is 38.9 Å². The average molecular weight is 192 g/mol. The standard InChI is InChI=1S/C12H20N2/c1-4-5-9(2)8-11-10(3)6-7-14-12(11)13/h6-7,9H,4-5,8H2,1-3H3,(H2,13,14). The zero-order valence-corrected chi connectivity index (χ0v) is 9.38. The van der Waals surface area contributed by atoms with Gasteiger partial charge in [0.1, 0.15) is 5.82 Å². The number of nitrogens with two attached hydrogens (primary N) is 1. The Balaban J connectivity index is 2.75. The van der Waals surface area contributed by atoms with Gasteiger partial charge in [-0.25, -0.2) is 4.98 Å². The van der Waals surface area contributed by atoms with Crippen molar-refractivity contribution < 1.29 is 0 Å². The number of aryl methyl sites for hydroxylation is 1. The van der Waals surface area contributed by atoms with E-state index in [1.54, 1.807) is 6.20 Å². The van der Waals surface area contributed by atoms with Gasteiger partial charge in [0.25, 0.3) is 0 Å². The van der Waals surface area contributed by atoms with Gasteiger partial charge in [0, 0.05) is 6.20 Å². The molecule has 78 valence electrons. The lowest BCUT2D eigenvalue weighted by atomic mass is 9.95. The molecule has 1 aromatic heterocycles. The van der Waals surface area contributed by atoms with Gasteiger partial charge in [-0.15, -0.1) is 0 Å². The van der Waals surface area contributed by atoms with E-state index in [4.69, 9.17) is 5.73 Å². The number of hydrogen-bond donors (Lipinski definition) is 1. The Kier molecular flexibility index (Phi) is 3.93. The third-order valence-corrected chi connectivity index (χ3v) is 2.66. The van der Waals surface area contributed by atoms with Gasteiger partial charge < -0.3 is 5.73 Å². The molecule has 0 spiro atoms. The number of pyridine rings is 1. The van der Waals surface area contributed by atoms with Crippen molar-refractivity contribution in [1.29, 1.82) is 0 Å². The van der Waals surface area contributed by atoms with Crippen molar-refractivity contribution in [3.05, 3.63) is 23.4 Å². The molecular weight excluding hydrogens is 172 g/mol. The number of nitrogens with zero attached hydrogens (tertiary/aromatic N) is 1. The van der Waals surface area contributed by atoms with Crippen LogP contribution in [0.25, 0.3) is 0 Å². The highest BCUT2D eigenvalue weighted by Gasteiger charge is 2.08. The molecule has 0 amide bonds. The first kappa shape index (κ1) is 11.0. The van der Waals surface area contributed by atoms with E-state index in [0.29, 0.717) is 11.7 Å². The Labute approximate surface area is 86.5 Å². The molecule has 2 heteroatoms. The van der Waals surface area contributed by atoms with Gasteiger partial charge in [0.15, 0.2) is 0 Å². The van der Waals surface area contributed by atoms with Gasteiger partial charge in [0.2, 0.25) is 0 Å². The Morgan fingerprint density at radius 1 is 1.50 bits per heavy atom. The van der Waals surface area contributed by atoms with Crippen molar-refractivity contribution in [2.24, 2.45) is 5.92 Å². The summed E-state index contributed by atoms with van der Waals surface area (Å²) in [6, 6.07) is 2.03. The van der Waals surface area contributed by atoms with Gasteiger partial charge in [-0.05, 0) is 36.5 Å². The van der Waals surface area contributed by atoms with Crippen LogP contribution in [0.15, 0.2) is 12.3 Å². The number of hydrogen-bond acceptors (Lipinski definition) is 2. The summed E-state index contributed by atoms with van der Waals surface area (Å²) in [4.78, 5) is 4.13. The Morgan fingerprint density at radius 3 is 2.79 bits per heavy atom. The molecule has 2 N–H and O–H groups in total. The fourth-order valence-electron chi connectivity index (χ4n) is 1.82. The number of anilines is 1. The van der Waals surface area contributed by atoms with Crippen LogP contribution < -0.4 is 5.73 Å². The van der Waals surface area contributed by atoms with Crippen LogP contribution in [0.3, 0.4) is 0 Å². The average Bonchev–Trinajstić information content (AvgIpc) is 2.12. The van der Waals surface area contributed by atoms with Crippen LogP contribution in [0.5, 0.6) is 0 Å². The third kappa shape index (κ3) is 2.72.